The number of nitrogens with two attached hydrogens (primary N) is 1. The molecule has 0 unspecified atom stereocenters. The van der Waals surface area contributed by atoms with Gasteiger partial charge >= 0.3 is 0 Å². The third-order valence-electron chi connectivity index (χ3n) is 4.45. The Morgan fingerprint density at radius 2 is 1.96 bits per heavy atom. The van der Waals surface area contributed by atoms with Crippen LogP contribution >= 0.6 is 0 Å². The van der Waals surface area contributed by atoms with Gasteiger partial charge in [-0.2, -0.15) is 4.98 Å². The van der Waals surface area contributed by atoms with Crippen molar-refractivity contribution >= 4 is 17.7 Å². The van der Waals surface area contributed by atoms with Gasteiger partial charge in [-0.15, -0.1) is 0 Å². The summed E-state index contributed by atoms with van der Waals surface area (Å²) in [7, 11) is 0. The topological polar surface area (TPSA) is 113 Å². The van der Waals surface area contributed by atoms with E-state index in [4.69, 9.17) is 5.73 Å². The van der Waals surface area contributed by atoms with Crippen LogP contribution in [0.15, 0.2) is 6.20 Å². The molecule has 128 valence electrons. The zero-order chi connectivity index (χ0) is 17.0. The molecule has 2 rings (SSSR count). The van der Waals surface area contributed by atoms with Gasteiger partial charge in [0.1, 0.15) is 5.82 Å². The monoisotopic (exact) mass is 321 g/mol. The van der Waals surface area contributed by atoms with Crippen molar-refractivity contribution in [3.63, 3.8) is 0 Å². The Morgan fingerprint density at radius 1 is 1.30 bits per heavy atom. The molecule has 23 heavy (non-hydrogen) atoms. The Morgan fingerprint density at radius 3 is 2.52 bits per heavy atom. The molecule has 0 aliphatic heterocycles. The van der Waals surface area contributed by atoms with E-state index in [1.807, 2.05) is 6.92 Å². The van der Waals surface area contributed by atoms with Crippen molar-refractivity contribution < 1.29 is 9.90 Å². The van der Waals surface area contributed by atoms with Gasteiger partial charge in [0, 0.05) is 18.3 Å². The lowest BCUT2D eigenvalue weighted by molar-refractivity contribution is 0.1000. The zero-order valence-corrected chi connectivity index (χ0v) is 14.0. The van der Waals surface area contributed by atoms with Crippen LogP contribution < -0.4 is 16.4 Å². The van der Waals surface area contributed by atoms with Crippen LogP contribution in [0.2, 0.25) is 0 Å². The van der Waals surface area contributed by atoms with Crippen LogP contribution in [-0.2, 0) is 0 Å². The smallest absolute Gasteiger partial charge is 0.254 e. The average molecular weight is 321 g/mol. The predicted octanol–water partition coefficient (Wildman–Crippen LogP) is 1.75. The number of aliphatic hydroxyl groups excluding tert-OH is 1. The molecule has 1 heterocycles. The third kappa shape index (κ3) is 4.79. The van der Waals surface area contributed by atoms with Crippen molar-refractivity contribution in [3.8, 4) is 0 Å². The van der Waals surface area contributed by atoms with Crippen LogP contribution in [0.4, 0.5) is 11.8 Å². The Balaban J connectivity index is 2.13. The molecule has 0 aromatic carbocycles. The van der Waals surface area contributed by atoms with Crippen LogP contribution in [0.25, 0.3) is 0 Å². The van der Waals surface area contributed by atoms with Crippen LogP contribution in [0.3, 0.4) is 0 Å². The molecule has 1 amide bonds. The summed E-state index contributed by atoms with van der Waals surface area (Å²) < 4.78 is 0. The quantitative estimate of drug-likeness (QED) is 0.635. The maximum atomic E-state index is 11.6. The first-order valence-electron chi connectivity index (χ1n) is 8.24. The number of carbonyl (C=O) groups excluding carboxylic acids is 1. The van der Waals surface area contributed by atoms with E-state index in [0.29, 0.717) is 23.2 Å². The molecular weight excluding hydrogens is 294 g/mol. The number of rotatable bonds is 6. The Bertz CT molecular complexity index is 541. The SMILES string of the molecule is CC(C)[C@@H](C)Nc1nc(N[C@H]2CC[C@H](O)CC2)ncc1C(N)=O. The summed E-state index contributed by atoms with van der Waals surface area (Å²) in [5, 5.41) is 16.1. The van der Waals surface area contributed by atoms with E-state index in [1.165, 1.54) is 6.20 Å². The number of nitrogens with one attached hydrogen (secondary N) is 2. The highest BCUT2D eigenvalue weighted by molar-refractivity contribution is 5.97. The number of aromatic nitrogens is 2. The van der Waals surface area contributed by atoms with Gasteiger partial charge < -0.3 is 21.5 Å². The Labute approximate surface area is 137 Å². The molecule has 1 saturated carbocycles. The normalized spacial score (nSPS) is 22.7. The van der Waals surface area contributed by atoms with Gasteiger partial charge in [-0.05, 0) is 38.5 Å². The van der Waals surface area contributed by atoms with Crippen LogP contribution in [0, 0.1) is 5.92 Å². The highest BCUT2D eigenvalue weighted by atomic mass is 16.3. The summed E-state index contributed by atoms with van der Waals surface area (Å²) in [6, 6.07) is 0.397. The maximum absolute atomic E-state index is 11.6. The van der Waals surface area contributed by atoms with Crippen molar-refractivity contribution in [1.82, 2.24) is 9.97 Å². The van der Waals surface area contributed by atoms with Gasteiger partial charge in [-0.25, -0.2) is 4.98 Å². The van der Waals surface area contributed by atoms with Gasteiger partial charge in [-0.3, -0.25) is 4.79 Å². The number of anilines is 2. The molecule has 5 N–H and O–H groups in total. The second-order valence-electron chi connectivity index (χ2n) is 6.65. The fraction of sp³-hybridized carbons (Fsp3) is 0.688. The number of hydrogen-bond acceptors (Lipinski definition) is 6. The number of carbonyl (C=O) groups is 1. The largest absolute Gasteiger partial charge is 0.393 e. The molecule has 7 nitrogen and oxygen atoms in total. The molecular formula is C16H27N5O2. The summed E-state index contributed by atoms with van der Waals surface area (Å²) in [6.45, 7) is 6.22. The third-order valence-corrected chi connectivity index (χ3v) is 4.45. The first-order valence-corrected chi connectivity index (χ1v) is 8.24. The molecule has 1 aromatic rings. The second kappa shape index (κ2) is 7.59. The minimum atomic E-state index is -0.546. The first kappa shape index (κ1) is 17.5. The van der Waals surface area contributed by atoms with E-state index in [0.717, 1.165) is 25.7 Å². The van der Waals surface area contributed by atoms with Crippen molar-refractivity contribution in [2.24, 2.45) is 11.7 Å². The van der Waals surface area contributed by atoms with Crippen molar-refractivity contribution in [2.75, 3.05) is 10.6 Å². The summed E-state index contributed by atoms with van der Waals surface area (Å²) in [5.41, 5.74) is 5.70. The highest BCUT2D eigenvalue weighted by Gasteiger charge is 2.21. The van der Waals surface area contributed by atoms with Crippen LogP contribution in [-0.4, -0.2) is 39.2 Å². The van der Waals surface area contributed by atoms with Crippen molar-refractivity contribution in [3.05, 3.63) is 11.8 Å². The molecule has 1 atom stereocenters. The minimum absolute atomic E-state index is 0.153. The molecule has 1 aliphatic rings. The highest BCUT2D eigenvalue weighted by Crippen LogP contribution is 2.22. The molecule has 0 radical (unpaired) electrons. The van der Waals surface area contributed by atoms with Gasteiger partial charge in [-0.1, -0.05) is 13.8 Å². The van der Waals surface area contributed by atoms with Gasteiger partial charge in [0.25, 0.3) is 5.91 Å². The predicted molar refractivity (Wildman–Crippen MR) is 90.4 cm³/mol. The maximum Gasteiger partial charge on any atom is 0.254 e. The van der Waals surface area contributed by atoms with E-state index in [9.17, 15) is 9.90 Å². The van der Waals surface area contributed by atoms with Gasteiger partial charge in [0.15, 0.2) is 0 Å². The van der Waals surface area contributed by atoms with E-state index >= 15 is 0 Å². The fourth-order valence-electron chi connectivity index (χ4n) is 2.53. The molecule has 0 bridgehead atoms. The minimum Gasteiger partial charge on any atom is -0.393 e. The molecule has 1 aliphatic carbocycles. The fourth-order valence-corrected chi connectivity index (χ4v) is 2.53. The summed E-state index contributed by atoms with van der Waals surface area (Å²) >= 11 is 0. The van der Waals surface area contributed by atoms with Gasteiger partial charge in [0.2, 0.25) is 5.95 Å². The van der Waals surface area contributed by atoms with E-state index in [-0.39, 0.29) is 18.2 Å². The molecule has 0 saturated heterocycles. The summed E-state index contributed by atoms with van der Waals surface area (Å²) in [6.07, 6.45) is 4.60. The molecule has 0 spiro atoms. The lowest BCUT2D eigenvalue weighted by Crippen LogP contribution is -2.30. The van der Waals surface area contributed by atoms with Gasteiger partial charge in [0.05, 0.1) is 11.7 Å². The number of amides is 1. The number of nitrogens with zero attached hydrogens (tertiary/aromatic N) is 2. The Hall–Kier alpha value is -1.89. The van der Waals surface area contributed by atoms with E-state index in [1.54, 1.807) is 0 Å². The number of aliphatic hydroxyl groups is 1. The van der Waals surface area contributed by atoms with Crippen LogP contribution in [0.1, 0.15) is 56.8 Å². The van der Waals surface area contributed by atoms with Crippen LogP contribution in [0.5, 0.6) is 0 Å². The summed E-state index contributed by atoms with van der Waals surface area (Å²) in [5.74, 6) is 0.791. The number of primary amides is 1. The average Bonchev–Trinajstić information content (AvgIpc) is 2.49. The molecule has 1 aromatic heterocycles. The van der Waals surface area contributed by atoms with E-state index in [2.05, 4.69) is 34.4 Å². The Kier molecular flexibility index (Phi) is 5.76. The lowest BCUT2D eigenvalue weighted by atomic mass is 9.93. The van der Waals surface area contributed by atoms with Crippen molar-refractivity contribution in [1.29, 1.82) is 0 Å². The summed E-state index contributed by atoms with van der Waals surface area (Å²) in [4.78, 5) is 20.2. The zero-order valence-electron chi connectivity index (χ0n) is 14.0. The standard InChI is InChI=1S/C16H27N5O2/c1-9(2)10(3)19-15-13(14(17)23)8-18-16(21-15)20-11-4-6-12(22)7-5-11/h8-12,22H,4-7H2,1-3H3,(H2,17,23)(H2,18,19,20,21)/t10-,11-,12-/m1/s1. The number of hydrogen-bond donors (Lipinski definition) is 4. The molecule has 1 fully saturated rings. The lowest BCUT2D eigenvalue weighted by Gasteiger charge is -2.26. The molecule has 7 heteroatoms. The van der Waals surface area contributed by atoms with E-state index < -0.39 is 5.91 Å². The van der Waals surface area contributed by atoms with Crippen molar-refractivity contribution in [2.45, 2.75) is 64.6 Å². The second-order valence-corrected chi connectivity index (χ2v) is 6.65. The first-order chi connectivity index (χ1) is 10.9.